The molecule has 1 aromatic rings. The van der Waals surface area contributed by atoms with Crippen LogP contribution >= 0.6 is 0 Å². The lowest BCUT2D eigenvalue weighted by Gasteiger charge is -2.39. The quantitative estimate of drug-likeness (QED) is 0.477. The van der Waals surface area contributed by atoms with Crippen LogP contribution in [0.15, 0.2) is 29.3 Å². The Hall–Kier alpha value is -2.03. The summed E-state index contributed by atoms with van der Waals surface area (Å²) in [7, 11) is 1.62. The van der Waals surface area contributed by atoms with E-state index in [1.807, 2.05) is 4.90 Å². The molecule has 0 aliphatic carbocycles. The predicted octanol–water partition coefficient (Wildman–Crippen LogP) is 2.74. The van der Waals surface area contributed by atoms with E-state index < -0.39 is 18.0 Å². The number of rotatable bonds is 5. The van der Waals surface area contributed by atoms with Gasteiger partial charge in [0.25, 0.3) is 0 Å². The van der Waals surface area contributed by atoms with Crippen LogP contribution in [0.4, 0.5) is 17.6 Å². The van der Waals surface area contributed by atoms with Gasteiger partial charge >= 0.3 is 6.18 Å². The zero-order valence-electron chi connectivity index (χ0n) is 15.8. The van der Waals surface area contributed by atoms with Crippen molar-refractivity contribution in [2.45, 2.75) is 32.2 Å². The molecule has 1 heterocycles. The van der Waals surface area contributed by atoms with Crippen molar-refractivity contribution in [1.29, 1.82) is 0 Å². The van der Waals surface area contributed by atoms with Gasteiger partial charge in [0.1, 0.15) is 12.1 Å². The van der Waals surface area contributed by atoms with Gasteiger partial charge in [-0.05, 0) is 26.0 Å². The van der Waals surface area contributed by atoms with Crippen LogP contribution in [0, 0.1) is 5.82 Å². The SMILES string of the molecule is CN=C(NCC(C)Oc1ccccc1F)N1CCN(C(C)C(F)(F)F)CC1. The number of hydrogen-bond acceptors (Lipinski definition) is 3. The molecule has 2 unspecified atom stereocenters. The fraction of sp³-hybridized carbons (Fsp3) is 0.611. The standard InChI is InChI=1S/C18H26F4N4O/c1-13(27-16-7-5-4-6-15(16)19)12-24-17(23-3)26-10-8-25(9-11-26)14(2)18(20,21)22/h4-7,13-14H,8-12H2,1-3H3,(H,23,24). The number of alkyl halides is 3. The first kappa shape index (κ1) is 21.3. The number of nitrogens with one attached hydrogen (secondary N) is 1. The maximum atomic E-state index is 13.6. The lowest BCUT2D eigenvalue weighted by Crippen LogP contribution is -2.57. The van der Waals surface area contributed by atoms with Gasteiger partial charge < -0.3 is 15.0 Å². The summed E-state index contributed by atoms with van der Waals surface area (Å²) in [6.07, 6.45) is -4.54. The van der Waals surface area contributed by atoms with Gasteiger partial charge in [0.05, 0.1) is 6.54 Å². The van der Waals surface area contributed by atoms with Gasteiger partial charge in [0.2, 0.25) is 0 Å². The van der Waals surface area contributed by atoms with Gasteiger partial charge in [0.15, 0.2) is 17.5 Å². The first-order chi connectivity index (χ1) is 12.7. The van der Waals surface area contributed by atoms with E-state index in [9.17, 15) is 17.6 Å². The van der Waals surface area contributed by atoms with Crippen LogP contribution < -0.4 is 10.1 Å². The molecule has 0 saturated carbocycles. The van der Waals surface area contributed by atoms with Crippen molar-refractivity contribution in [3.8, 4) is 5.75 Å². The maximum absolute atomic E-state index is 13.6. The minimum atomic E-state index is -4.22. The Morgan fingerprint density at radius 3 is 2.37 bits per heavy atom. The molecule has 27 heavy (non-hydrogen) atoms. The largest absolute Gasteiger partial charge is 0.486 e. The third-order valence-corrected chi connectivity index (χ3v) is 4.56. The van der Waals surface area contributed by atoms with Gasteiger partial charge in [-0.3, -0.25) is 9.89 Å². The number of ether oxygens (including phenoxy) is 1. The summed E-state index contributed by atoms with van der Waals surface area (Å²) in [5.41, 5.74) is 0. The van der Waals surface area contributed by atoms with Crippen molar-refractivity contribution >= 4 is 5.96 Å². The number of halogens is 4. The lowest BCUT2D eigenvalue weighted by atomic mass is 10.2. The van der Waals surface area contributed by atoms with Crippen LogP contribution in [0.5, 0.6) is 5.75 Å². The second-order valence-electron chi connectivity index (χ2n) is 6.53. The third-order valence-electron chi connectivity index (χ3n) is 4.56. The van der Waals surface area contributed by atoms with Crippen molar-refractivity contribution in [2.24, 2.45) is 4.99 Å². The van der Waals surface area contributed by atoms with Crippen LogP contribution in [0.25, 0.3) is 0 Å². The van der Waals surface area contributed by atoms with E-state index in [0.717, 1.165) is 0 Å². The molecule has 0 amide bonds. The predicted molar refractivity (Wildman–Crippen MR) is 96.5 cm³/mol. The molecule has 0 spiro atoms. The number of benzene rings is 1. The molecule has 1 aliphatic rings. The summed E-state index contributed by atoms with van der Waals surface area (Å²) in [5.74, 6) is 0.346. The Morgan fingerprint density at radius 2 is 1.81 bits per heavy atom. The van der Waals surface area contributed by atoms with E-state index in [1.165, 1.54) is 17.9 Å². The van der Waals surface area contributed by atoms with Crippen molar-refractivity contribution < 1.29 is 22.3 Å². The average Bonchev–Trinajstić information content (AvgIpc) is 2.63. The van der Waals surface area contributed by atoms with E-state index in [0.29, 0.717) is 38.7 Å². The molecule has 2 atom stereocenters. The summed E-state index contributed by atoms with van der Waals surface area (Å²) in [6, 6.07) is 4.71. The minimum absolute atomic E-state index is 0.177. The van der Waals surface area contributed by atoms with Crippen LogP contribution in [-0.2, 0) is 0 Å². The molecular weight excluding hydrogens is 364 g/mol. The Kier molecular flexibility index (Phi) is 7.29. The molecule has 0 aromatic heterocycles. The Bertz CT molecular complexity index is 630. The molecule has 1 aliphatic heterocycles. The number of guanidine groups is 1. The van der Waals surface area contributed by atoms with Crippen molar-refractivity contribution in [3.63, 3.8) is 0 Å². The van der Waals surface area contributed by atoms with E-state index in [4.69, 9.17) is 4.74 Å². The maximum Gasteiger partial charge on any atom is 0.403 e. The summed E-state index contributed by atoms with van der Waals surface area (Å²) in [5, 5.41) is 3.14. The van der Waals surface area contributed by atoms with E-state index >= 15 is 0 Å². The highest BCUT2D eigenvalue weighted by Crippen LogP contribution is 2.25. The minimum Gasteiger partial charge on any atom is -0.486 e. The fourth-order valence-electron chi connectivity index (χ4n) is 2.89. The Labute approximate surface area is 157 Å². The summed E-state index contributed by atoms with van der Waals surface area (Å²) < 4.78 is 57.7. The molecule has 0 bridgehead atoms. The molecule has 1 aromatic carbocycles. The molecule has 5 nitrogen and oxygen atoms in total. The zero-order valence-corrected chi connectivity index (χ0v) is 15.8. The second-order valence-corrected chi connectivity index (χ2v) is 6.53. The highest BCUT2D eigenvalue weighted by Gasteiger charge is 2.41. The Balaban J connectivity index is 1.82. The van der Waals surface area contributed by atoms with Gasteiger partial charge in [-0.1, -0.05) is 12.1 Å². The first-order valence-electron chi connectivity index (χ1n) is 8.90. The highest BCUT2D eigenvalue weighted by atomic mass is 19.4. The smallest absolute Gasteiger partial charge is 0.403 e. The van der Waals surface area contributed by atoms with Gasteiger partial charge in [-0.15, -0.1) is 0 Å². The Morgan fingerprint density at radius 1 is 1.19 bits per heavy atom. The normalized spacial score (nSPS) is 18.9. The molecule has 1 saturated heterocycles. The van der Waals surface area contributed by atoms with Crippen LogP contribution in [0.1, 0.15) is 13.8 Å². The number of aliphatic imine (C=N–C) groups is 1. The molecular formula is C18H26F4N4O. The average molecular weight is 390 g/mol. The fourth-order valence-corrected chi connectivity index (χ4v) is 2.89. The second kappa shape index (κ2) is 9.25. The van der Waals surface area contributed by atoms with Gasteiger partial charge in [-0.2, -0.15) is 13.2 Å². The van der Waals surface area contributed by atoms with Crippen LogP contribution in [0.3, 0.4) is 0 Å². The third kappa shape index (κ3) is 5.98. The summed E-state index contributed by atoms with van der Waals surface area (Å²) in [4.78, 5) is 7.52. The van der Waals surface area contributed by atoms with Crippen LogP contribution in [-0.4, -0.2) is 73.9 Å². The summed E-state index contributed by atoms with van der Waals surface area (Å²) in [6.45, 7) is 4.89. The molecule has 1 N–H and O–H groups in total. The highest BCUT2D eigenvalue weighted by molar-refractivity contribution is 5.80. The van der Waals surface area contributed by atoms with E-state index in [-0.39, 0.29) is 11.9 Å². The molecule has 152 valence electrons. The molecule has 0 radical (unpaired) electrons. The lowest BCUT2D eigenvalue weighted by molar-refractivity contribution is -0.181. The van der Waals surface area contributed by atoms with Crippen molar-refractivity contribution in [2.75, 3.05) is 39.8 Å². The molecule has 2 rings (SSSR count). The topological polar surface area (TPSA) is 40.1 Å². The number of piperazine rings is 1. The van der Waals surface area contributed by atoms with Crippen molar-refractivity contribution in [1.82, 2.24) is 15.1 Å². The number of nitrogens with zero attached hydrogens (tertiary/aromatic N) is 3. The van der Waals surface area contributed by atoms with Gasteiger partial charge in [-0.25, -0.2) is 4.39 Å². The molecule has 1 fully saturated rings. The zero-order chi connectivity index (χ0) is 20.0. The monoisotopic (exact) mass is 390 g/mol. The van der Waals surface area contributed by atoms with Crippen LogP contribution in [0.2, 0.25) is 0 Å². The van der Waals surface area contributed by atoms with Gasteiger partial charge in [0, 0.05) is 33.2 Å². The number of hydrogen-bond donors (Lipinski definition) is 1. The number of para-hydroxylation sites is 1. The van der Waals surface area contributed by atoms with Crippen molar-refractivity contribution in [3.05, 3.63) is 30.1 Å². The van der Waals surface area contributed by atoms with E-state index in [1.54, 1.807) is 32.2 Å². The van der Waals surface area contributed by atoms with E-state index in [2.05, 4.69) is 10.3 Å². The first-order valence-corrected chi connectivity index (χ1v) is 8.90. The summed E-state index contributed by atoms with van der Waals surface area (Å²) >= 11 is 0. The molecule has 9 heteroatoms.